The molecule has 108 valence electrons. The van der Waals surface area contributed by atoms with Crippen LogP contribution in [-0.2, 0) is 12.5 Å². The zero-order valence-electron chi connectivity index (χ0n) is 13.1. The summed E-state index contributed by atoms with van der Waals surface area (Å²) in [5, 5.41) is 7.77. The van der Waals surface area contributed by atoms with E-state index in [2.05, 4.69) is 55.0 Å². The third kappa shape index (κ3) is 3.15. The van der Waals surface area contributed by atoms with Crippen LogP contribution in [0.5, 0.6) is 0 Å². The molecule has 0 atom stereocenters. The standard InChI is InChI=1S/C15H23N5/c1-10(2)11-7-8-16-14(17-11)18-13-9-12(15(3,4)5)19-20(13)6/h7-10H,1-6H3,(H,16,17,18). The van der Waals surface area contributed by atoms with E-state index in [1.807, 2.05) is 23.9 Å². The fraction of sp³-hybridized carbons (Fsp3) is 0.533. The Labute approximate surface area is 120 Å². The number of anilines is 2. The van der Waals surface area contributed by atoms with Gasteiger partial charge in [-0.3, -0.25) is 4.68 Å². The number of hydrogen-bond donors (Lipinski definition) is 1. The zero-order chi connectivity index (χ0) is 14.9. The largest absolute Gasteiger partial charge is 0.309 e. The van der Waals surface area contributed by atoms with Gasteiger partial charge in [-0.15, -0.1) is 0 Å². The number of nitrogens with zero attached hydrogens (tertiary/aromatic N) is 4. The number of aromatic nitrogens is 4. The quantitative estimate of drug-likeness (QED) is 0.931. The molecule has 0 bridgehead atoms. The van der Waals surface area contributed by atoms with Gasteiger partial charge in [0.25, 0.3) is 0 Å². The van der Waals surface area contributed by atoms with Gasteiger partial charge in [-0.1, -0.05) is 34.6 Å². The summed E-state index contributed by atoms with van der Waals surface area (Å²) in [6.45, 7) is 10.7. The van der Waals surface area contributed by atoms with Crippen molar-refractivity contribution in [2.45, 2.75) is 46.0 Å². The average Bonchev–Trinajstić information content (AvgIpc) is 2.71. The molecule has 0 amide bonds. The molecule has 0 aliphatic heterocycles. The molecule has 2 rings (SSSR count). The van der Waals surface area contributed by atoms with Gasteiger partial charge >= 0.3 is 0 Å². The molecule has 1 N–H and O–H groups in total. The van der Waals surface area contributed by atoms with Gasteiger partial charge in [-0.25, -0.2) is 9.97 Å². The fourth-order valence-electron chi connectivity index (χ4n) is 1.82. The molecule has 0 aromatic carbocycles. The van der Waals surface area contributed by atoms with Gasteiger partial charge in [-0.2, -0.15) is 5.10 Å². The van der Waals surface area contributed by atoms with Crippen LogP contribution in [0.4, 0.5) is 11.8 Å². The van der Waals surface area contributed by atoms with E-state index in [4.69, 9.17) is 0 Å². The van der Waals surface area contributed by atoms with Crippen LogP contribution in [0.3, 0.4) is 0 Å². The van der Waals surface area contributed by atoms with Crippen LogP contribution < -0.4 is 5.32 Å². The first-order valence-corrected chi connectivity index (χ1v) is 6.92. The minimum Gasteiger partial charge on any atom is -0.309 e. The first-order chi connectivity index (χ1) is 9.27. The third-order valence-electron chi connectivity index (χ3n) is 3.16. The highest BCUT2D eigenvalue weighted by Gasteiger charge is 2.19. The van der Waals surface area contributed by atoms with Gasteiger partial charge in [0.1, 0.15) is 5.82 Å². The molecule has 2 aromatic heterocycles. The summed E-state index contributed by atoms with van der Waals surface area (Å²) in [5.74, 6) is 1.89. The van der Waals surface area contributed by atoms with E-state index in [9.17, 15) is 0 Å². The lowest BCUT2D eigenvalue weighted by molar-refractivity contribution is 0.553. The molecule has 0 spiro atoms. The van der Waals surface area contributed by atoms with Gasteiger partial charge in [0.05, 0.1) is 5.69 Å². The van der Waals surface area contributed by atoms with Gasteiger partial charge in [0, 0.05) is 30.4 Å². The topological polar surface area (TPSA) is 55.6 Å². The normalized spacial score (nSPS) is 11.9. The second-order valence-corrected chi connectivity index (χ2v) is 6.37. The van der Waals surface area contributed by atoms with Crippen molar-refractivity contribution in [3.05, 3.63) is 29.7 Å². The second-order valence-electron chi connectivity index (χ2n) is 6.37. The second kappa shape index (κ2) is 5.23. The molecule has 0 aliphatic carbocycles. The lowest BCUT2D eigenvalue weighted by atomic mass is 9.92. The van der Waals surface area contributed by atoms with Crippen molar-refractivity contribution in [1.82, 2.24) is 19.7 Å². The summed E-state index contributed by atoms with van der Waals surface area (Å²) >= 11 is 0. The van der Waals surface area contributed by atoms with Gasteiger partial charge in [0.15, 0.2) is 0 Å². The van der Waals surface area contributed by atoms with E-state index in [0.29, 0.717) is 11.9 Å². The number of nitrogens with one attached hydrogen (secondary N) is 1. The Morgan fingerprint density at radius 3 is 2.50 bits per heavy atom. The Kier molecular flexibility index (Phi) is 3.79. The van der Waals surface area contributed by atoms with Gasteiger partial charge in [-0.05, 0) is 12.0 Å². The SMILES string of the molecule is CC(C)c1ccnc(Nc2cc(C(C)(C)C)nn2C)n1. The molecular weight excluding hydrogens is 250 g/mol. The van der Waals surface area contributed by atoms with Crippen molar-refractivity contribution >= 4 is 11.8 Å². The highest BCUT2D eigenvalue weighted by molar-refractivity contribution is 5.49. The van der Waals surface area contributed by atoms with Gasteiger partial charge in [0.2, 0.25) is 5.95 Å². The fourth-order valence-corrected chi connectivity index (χ4v) is 1.82. The lowest BCUT2D eigenvalue weighted by Crippen LogP contribution is -2.12. The summed E-state index contributed by atoms with van der Waals surface area (Å²) in [6, 6.07) is 3.99. The van der Waals surface area contributed by atoms with Crippen LogP contribution in [0.15, 0.2) is 18.3 Å². The molecule has 0 saturated carbocycles. The van der Waals surface area contributed by atoms with E-state index in [-0.39, 0.29) is 5.41 Å². The summed E-state index contributed by atoms with van der Waals surface area (Å²) < 4.78 is 1.83. The van der Waals surface area contributed by atoms with Crippen LogP contribution in [0.1, 0.15) is 51.9 Å². The highest BCUT2D eigenvalue weighted by Crippen LogP contribution is 2.24. The Hall–Kier alpha value is -1.91. The Bertz CT molecular complexity index is 593. The average molecular weight is 273 g/mol. The highest BCUT2D eigenvalue weighted by atomic mass is 15.3. The number of rotatable bonds is 3. The van der Waals surface area contributed by atoms with E-state index >= 15 is 0 Å². The van der Waals surface area contributed by atoms with E-state index in [1.54, 1.807) is 6.20 Å². The van der Waals surface area contributed by atoms with Crippen molar-refractivity contribution in [2.75, 3.05) is 5.32 Å². The van der Waals surface area contributed by atoms with Crippen LogP contribution in [-0.4, -0.2) is 19.7 Å². The smallest absolute Gasteiger partial charge is 0.228 e. The monoisotopic (exact) mass is 273 g/mol. The third-order valence-corrected chi connectivity index (χ3v) is 3.16. The lowest BCUT2D eigenvalue weighted by Gasteiger charge is -2.13. The molecule has 0 radical (unpaired) electrons. The summed E-state index contributed by atoms with van der Waals surface area (Å²) in [7, 11) is 1.92. The predicted molar refractivity (Wildman–Crippen MR) is 81.3 cm³/mol. The molecule has 20 heavy (non-hydrogen) atoms. The van der Waals surface area contributed by atoms with Crippen molar-refractivity contribution in [2.24, 2.45) is 7.05 Å². The zero-order valence-corrected chi connectivity index (χ0v) is 13.1. The van der Waals surface area contributed by atoms with Crippen LogP contribution >= 0.6 is 0 Å². The summed E-state index contributed by atoms with van der Waals surface area (Å²) in [6.07, 6.45) is 1.78. The van der Waals surface area contributed by atoms with E-state index in [1.165, 1.54) is 0 Å². The molecule has 0 unspecified atom stereocenters. The maximum atomic E-state index is 4.53. The molecule has 5 heteroatoms. The Morgan fingerprint density at radius 1 is 1.25 bits per heavy atom. The van der Waals surface area contributed by atoms with E-state index in [0.717, 1.165) is 17.2 Å². The maximum Gasteiger partial charge on any atom is 0.228 e. The van der Waals surface area contributed by atoms with E-state index < -0.39 is 0 Å². The van der Waals surface area contributed by atoms with Crippen LogP contribution in [0.25, 0.3) is 0 Å². The minimum absolute atomic E-state index is 0.0261. The van der Waals surface area contributed by atoms with Crippen molar-refractivity contribution in [1.29, 1.82) is 0 Å². The van der Waals surface area contributed by atoms with Gasteiger partial charge < -0.3 is 5.32 Å². The van der Waals surface area contributed by atoms with Crippen molar-refractivity contribution < 1.29 is 0 Å². The first-order valence-electron chi connectivity index (χ1n) is 6.92. The molecule has 2 aromatic rings. The molecule has 5 nitrogen and oxygen atoms in total. The van der Waals surface area contributed by atoms with Crippen LogP contribution in [0.2, 0.25) is 0 Å². The number of aryl methyl sites for hydroxylation is 1. The van der Waals surface area contributed by atoms with Crippen molar-refractivity contribution in [3.8, 4) is 0 Å². The Balaban J connectivity index is 2.26. The molecule has 0 saturated heterocycles. The number of hydrogen-bond acceptors (Lipinski definition) is 4. The summed E-state index contributed by atoms with van der Waals surface area (Å²) in [4.78, 5) is 8.78. The Morgan fingerprint density at radius 2 is 1.95 bits per heavy atom. The van der Waals surface area contributed by atoms with Crippen LogP contribution in [0, 0.1) is 0 Å². The molecular formula is C15H23N5. The first kappa shape index (κ1) is 14.5. The molecule has 2 heterocycles. The minimum atomic E-state index is 0.0261. The molecule has 0 aliphatic rings. The maximum absolute atomic E-state index is 4.53. The van der Waals surface area contributed by atoms with Crippen molar-refractivity contribution in [3.63, 3.8) is 0 Å². The summed E-state index contributed by atoms with van der Waals surface area (Å²) in [5.41, 5.74) is 2.10. The predicted octanol–water partition coefficient (Wildman–Crippen LogP) is 3.37. The molecule has 0 fully saturated rings.